The van der Waals surface area contributed by atoms with Crippen LogP contribution in [0.5, 0.6) is 0 Å². The third-order valence-corrected chi connectivity index (χ3v) is 5.54. The largest absolute Gasteiger partial charge is 0.381 e. The van der Waals surface area contributed by atoms with Gasteiger partial charge in [0, 0.05) is 72.7 Å². The quantitative estimate of drug-likeness (QED) is 0.316. The smallest absolute Gasteiger partial charge is 0.236 e. The molecule has 0 aromatic carbocycles. The lowest BCUT2D eigenvalue weighted by atomic mass is 10.0. The average molecular weight is 412 g/mol. The highest BCUT2D eigenvalue weighted by atomic mass is 16.5. The van der Waals surface area contributed by atoms with Crippen molar-refractivity contribution < 1.29 is 14.3 Å². The van der Waals surface area contributed by atoms with Gasteiger partial charge in [0.05, 0.1) is 6.54 Å². The first-order valence-corrected chi connectivity index (χ1v) is 11.2. The standard InChI is InChI=1S/C21H41N5O3/c1-4-22-21(23-10-5-13-29-17-18-8-14-28-15-9-18)24-19-6-11-26(12-7-19)16-20(27)25(2)3/h18-19H,4-17H2,1-3H3,(H2,22,23,24). The number of amides is 1. The third kappa shape index (κ3) is 9.78. The number of likely N-dealkylation sites (tertiary alicyclic amines) is 1. The SMILES string of the molecule is CCNC(=NCCCOCC1CCOCC1)NC1CCN(CC(=O)N(C)C)CC1. The molecule has 29 heavy (non-hydrogen) atoms. The Kier molecular flexibility index (Phi) is 11.3. The van der Waals surface area contributed by atoms with Gasteiger partial charge in [-0.25, -0.2) is 0 Å². The van der Waals surface area contributed by atoms with E-state index in [0.717, 1.165) is 90.7 Å². The van der Waals surface area contributed by atoms with Gasteiger partial charge in [0.15, 0.2) is 5.96 Å². The fourth-order valence-corrected chi connectivity index (χ4v) is 3.60. The van der Waals surface area contributed by atoms with Gasteiger partial charge in [0.1, 0.15) is 0 Å². The van der Waals surface area contributed by atoms with Crippen molar-refractivity contribution in [1.82, 2.24) is 20.4 Å². The van der Waals surface area contributed by atoms with Crippen LogP contribution in [0.2, 0.25) is 0 Å². The second kappa shape index (κ2) is 13.8. The van der Waals surface area contributed by atoms with E-state index in [4.69, 9.17) is 14.5 Å². The van der Waals surface area contributed by atoms with E-state index in [2.05, 4.69) is 22.5 Å². The normalized spacial score (nSPS) is 19.9. The highest BCUT2D eigenvalue weighted by Gasteiger charge is 2.22. The zero-order chi connectivity index (χ0) is 20.9. The van der Waals surface area contributed by atoms with E-state index in [-0.39, 0.29) is 5.91 Å². The second-order valence-corrected chi connectivity index (χ2v) is 8.23. The van der Waals surface area contributed by atoms with Crippen molar-refractivity contribution >= 4 is 11.9 Å². The van der Waals surface area contributed by atoms with Gasteiger partial charge < -0.3 is 25.0 Å². The Bertz CT molecular complexity index is 487. The van der Waals surface area contributed by atoms with Crippen molar-refractivity contribution in [2.75, 3.05) is 73.2 Å². The van der Waals surface area contributed by atoms with E-state index in [1.54, 1.807) is 4.90 Å². The highest BCUT2D eigenvalue weighted by Crippen LogP contribution is 2.14. The molecule has 8 nitrogen and oxygen atoms in total. The molecule has 0 aromatic rings. The molecule has 0 aliphatic carbocycles. The summed E-state index contributed by atoms with van der Waals surface area (Å²) in [4.78, 5) is 20.5. The number of aliphatic imine (C=N–C) groups is 1. The molecule has 2 saturated heterocycles. The molecule has 0 unspecified atom stereocenters. The predicted octanol–water partition coefficient (Wildman–Crippen LogP) is 0.927. The lowest BCUT2D eigenvalue weighted by molar-refractivity contribution is -0.130. The number of nitrogens with zero attached hydrogens (tertiary/aromatic N) is 3. The van der Waals surface area contributed by atoms with Gasteiger partial charge in [-0.15, -0.1) is 0 Å². The van der Waals surface area contributed by atoms with Gasteiger partial charge in [0.2, 0.25) is 5.91 Å². The Morgan fingerprint density at radius 2 is 1.93 bits per heavy atom. The predicted molar refractivity (Wildman–Crippen MR) is 116 cm³/mol. The number of hydrogen-bond acceptors (Lipinski definition) is 5. The zero-order valence-electron chi connectivity index (χ0n) is 18.6. The van der Waals surface area contributed by atoms with Crippen molar-refractivity contribution in [3.8, 4) is 0 Å². The Morgan fingerprint density at radius 1 is 1.21 bits per heavy atom. The van der Waals surface area contributed by atoms with Crippen molar-refractivity contribution in [3.63, 3.8) is 0 Å². The summed E-state index contributed by atoms with van der Waals surface area (Å²) >= 11 is 0. The minimum absolute atomic E-state index is 0.172. The van der Waals surface area contributed by atoms with Crippen LogP contribution in [0, 0.1) is 5.92 Å². The lowest BCUT2D eigenvalue weighted by Crippen LogP contribution is -2.50. The van der Waals surface area contributed by atoms with Crippen LogP contribution in [0.25, 0.3) is 0 Å². The van der Waals surface area contributed by atoms with Crippen LogP contribution < -0.4 is 10.6 Å². The summed E-state index contributed by atoms with van der Waals surface area (Å²) in [7, 11) is 3.62. The van der Waals surface area contributed by atoms with Gasteiger partial charge in [-0.05, 0) is 44.9 Å². The van der Waals surface area contributed by atoms with Gasteiger partial charge in [-0.2, -0.15) is 0 Å². The molecule has 2 fully saturated rings. The summed E-state index contributed by atoms with van der Waals surface area (Å²) < 4.78 is 11.2. The van der Waals surface area contributed by atoms with Crippen LogP contribution in [0.3, 0.4) is 0 Å². The molecular weight excluding hydrogens is 370 g/mol. The average Bonchev–Trinajstić information content (AvgIpc) is 2.72. The molecule has 2 rings (SSSR count). The summed E-state index contributed by atoms with van der Waals surface area (Å²) in [6.07, 6.45) is 5.23. The van der Waals surface area contributed by atoms with Crippen LogP contribution >= 0.6 is 0 Å². The van der Waals surface area contributed by atoms with Crippen LogP contribution in [0.15, 0.2) is 4.99 Å². The van der Waals surface area contributed by atoms with Crippen LogP contribution in [0.4, 0.5) is 0 Å². The lowest BCUT2D eigenvalue weighted by Gasteiger charge is -2.33. The van der Waals surface area contributed by atoms with Gasteiger partial charge >= 0.3 is 0 Å². The molecule has 168 valence electrons. The zero-order valence-corrected chi connectivity index (χ0v) is 18.6. The molecule has 2 N–H and O–H groups in total. The number of likely N-dealkylation sites (N-methyl/N-ethyl adjacent to an activating group) is 1. The second-order valence-electron chi connectivity index (χ2n) is 8.23. The first-order chi connectivity index (χ1) is 14.1. The maximum absolute atomic E-state index is 11.9. The molecule has 0 atom stereocenters. The Balaban J connectivity index is 1.61. The number of piperidine rings is 1. The molecule has 0 bridgehead atoms. The minimum Gasteiger partial charge on any atom is -0.381 e. The maximum atomic E-state index is 11.9. The highest BCUT2D eigenvalue weighted by molar-refractivity contribution is 5.80. The third-order valence-electron chi connectivity index (χ3n) is 5.54. The fraction of sp³-hybridized carbons (Fsp3) is 0.905. The number of hydrogen-bond donors (Lipinski definition) is 2. The molecule has 1 amide bonds. The van der Waals surface area contributed by atoms with Gasteiger partial charge in [0.25, 0.3) is 0 Å². The van der Waals surface area contributed by atoms with E-state index in [0.29, 0.717) is 18.5 Å². The Hall–Kier alpha value is -1.38. The van der Waals surface area contributed by atoms with E-state index in [1.807, 2.05) is 14.1 Å². The summed E-state index contributed by atoms with van der Waals surface area (Å²) in [6, 6.07) is 0.406. The number of ether oxygens (including phenoxy) is 2. The minimum atomic E-state index is 0.172. The molecular formula is C21H41N5O3. The van der Waals surface area contributed by atoms with Gasteiger partial charge in [-0.3, -0.25) is 14.7 Å². The number of carbonyl (C=O) groups is 1. The molecule has 2 aliphatic heterocycles. The van der Waals surface area contributed by atoms with Gasteiger partial charge in [-0.1, -0.05) is 0 Å². The van der Waals surface area contributed by atoms with E-state index in [1.165, 1.54) is 0 Å². The Morgan fingerprint density at radius 3 is 2.59 bits per heavy atom. The number of rotatable bonds is 10. The first-order valence-electron chi connectivity index (χ1n) is 11.2. The van der Waals surface area contributed by atoms with E-state index in [9.17, 15) is 4.79 Å². The number of guanidine groups is 1. The van der Waals surface area contributed by atoms with E-state index < -0.39 is 0 Å². The van der Waals surface area contributed by atoms with Crippen molar-refractivity contribution in [3.05, 3.63) is 0 Å². The topological polar surface area (TPSA) is 78.4 Å². The molecule has 0 radical (unpaired) electrons. The molecule has 8 heteroatoms. The van der Waals surface area contributed by atoms with Crippen LogP contribution in [0.1, 0.15) is 39.0 Å². The molecule has 0 aromatic heterocycles. The molecule has 0 spiro atoms. The first kappa shape index (κ1) is 23.9. The molecule has 2 aliphatic rings. The Labute approximate surface area is 176 Å². The summed E-state index contributed by atoms with van der Waals surface area (Å²) in [5.74, 6) is 1.72. The van der Waals surface area contributed by atoms with Crippen molar-refractivity contribution in [2.45, 2.75) is 45.1 Å². The van der Waals surface area contributed by atoms with E-state index >= 15 is 0 Å². The molecule has 2 heterocycles. The summed E-state index contributed by atoms with van der Waals surface area (Å²) in [5, 5.41) is 6.90. The monoisotopic (exact) mass is 411 g/mol. The maximum Gasteiger partial charge on any atom is 0.236 e. The van der Waals surface area contributed by atoms with Crippen LogP contribution in [-0.4, -0.2) is 101 Å². The number of nitrogens with one attached hydrogen (secondary N) is 2. The van der Waals surface area contributed by atoms with Crippen molar-refractivity contribution in [2.24, 2.45) is 10.9 Å². The summed E-state index contributed by atoms with van der Waals surface area (Å²) in [6.45, 7) is 9.46. The number of carbonyl (C=O) groups excluding carboxylic acids is 1. The van der Waals surface area contributed by atoms with Crippen molar-refractivity contribution in [1.29, 1.82) is 0 Å². The summed E-state index contributed by atoms with van der Waals surface area (Å²) in [5.41, 5.74) is 0. The van der Waals surface area contributed by atoms with Crippen LogP contribution in [-0.2, 0) is 14.3 Å². The molecule has 0 saturated carbocycles. The fourth-order valence-electron chi connectivity index (χ4n) is 3.60.